The number of thioether (sulfide) groups is 1. The van der Waals surface area contributed by atoms with E-state index in [1.165, 1.54) is 4.91 Å². The molecule has 0 aromatic carbocycles. The van der Waals surface area contributed by atoms with Crippen LogP contribution < -0.4 is 0 Å². The van der Waals surface area contributed by atoms with E-state index < -0.39 is 11.9 Å². The van der Waals surface area contributed by atoms with Crippen LogP contribution in [0.5, 0.6) is 0 Å². The Hall–Kier alpha value is -2.17. The van der Waals surface area contributed by atoms with Gasteiger partial charge in [-0.15, -0.1) is 57.1 Å². The van der Waals surface area contributed by atoms with Gasteiger partial charge in [0.25, 0.3) is 0 Å². The number of carboxylic acids is 2. The third-order valence-corrected chi connectivity index (χ3v) is 11.2. The zero-order valence-corrected chi connectivity index (χ0v) is 21.3. The van der Waals surface area contributed by atoms with E-state index >= 15 is 0 Å². The largest absolute Gasteiger partial charge is 0.481 e. The van der Waals surface area contributed by atoms with Crippen LogP contribution in [0, 0.1) is 0 Å². The van der Waals surface area contributed by atoms with Gasteiger partial charge in [0.05, 0.1) is 12.8 Å². The molecule has 9 heteroatoms. The summed E-state index contributed by atoms with van der Waals surface area (Å²) in [5, 5.41) is 20.9. The number of carbonyl (C=O) groups is 2. The maximum Gasteiger partial charge on any atom is 0.307 e. The molecule has 2 N–H and O–H groups in total. The molecule has 0 unspecified atom stereocenters. The predicted molar refractivity (Wildman–Crippen MR) is 142 cm³/mol. The zero-order chi connectivity index (χ0) is 22.9. The van der Waals surface area contributed by atoms with Gasteiger partial charge in [-0.05, 0) is 53.3 Å². The summed E-state index contributed by atoms with van der Waals surface area (Å²) < 4.78 is 0. The minimum Gasteiger partial charge on any atom is -0.481 e. The van der Waals surface area contributed by atoms with Crippen LogP contribution in [0.1, 0.15) is 22.4 Å². The number of carboxylic acid groups (broad SMARTS) is 2. The van der Waals surface area contributed by atoms with E-state index in [-0.39, 0.29) is 12.8 Å². The van der Waals surface area contributed by atoms with Crippen molar-refractivity contribution in [2.75, 3.05) is 5.75 Å². The summed E-state index contributed by atoms with van der Waals surface area (Å²) in [6, 6.07) is 12.1. The Balaban J connectivity index is 1.54. The summed E-state index contributed by atoms with van der Waals surface area (Å²) in [5.41, 5.74) is 1.65. The van der Waals surface area contributed by atoms with Crippen LogP contribution in [0.25, 0.3) is 34.2 Å². The number of rotatable bonds is 8. The molecule has 1 aliphatic heterocycles. The highest BCUT2D eigenvalue weighted by Crippen LogP contribution is 2.48. The molecular weight excluding hydrogens is 513 g/mol. The monoisotopic (exact) mass is 530 g/mol. The fourth-order valence-corrected chi connectivity index (χ4v) is 9.31. The highest BCUT2D eigenvalue weighted by atomic mass is 32.2. The first-order valence-corrected chi connectivity index (χ1v) is 14.5. The van der Waals surface area contributed by atoms with Crippen molar-refractivity contribution in [1.29, 1.82) is 0 Å². The van der Waals surface area contributed by atoms with E-state index in [0.717, 1.165) is 57.4 Å². The van der Waals surface area contributed by atoms with Crippen LogP contribution in [0.2, 0.25) is 0 Å². The topological polar surface area (TPSA) is 74.6 Å². The van der Waals surface area contributed by atoms with Crippen LogP contribution in [0.3, 0.4) is 0 Å². The molecule has 0 fully saturated rings. The molecule has 0 spiro atoms. The predicted octanol–water partition coefficient (Wildman–Crippen LogP) is 7.67. The van der Waals surface area contributed by atoms with Gasteiger partial charge in [-0.25, -0.2) is 0 Å². The number of aliphatic carboxylic acids is 2. The minimum absolute atomic E-state index is 0.0111. The van der Waals surface area contributed by atoms with Gasteiger partial charge in [0.1, 0.15) is 0 Å². The Morgan fingerprint density at radius 2 is 1.42 bits per heavy atom. The van der Waals surface area contributed by atoms with E-state index in [2.05, 4.69) is 6.08 Å². The summed E-state index contributed by atoms with van der Waals surface area (Å²) in [7, 11) is 0. The average molecular weight is 531 g/mol. The van der Waals surface area contributed by atoms with E-state index in [1.54, 1.807) is 45.3 Å². The van der Waals surface area contributed by atoms with Gasteiger partial charge in [0, 0.05) is 44.8 Å². The Morgan fingerprint density at radius 3 is 1.97 bits per heavy atom. The first kappa shape index (κ1) is 22.6. The van der Waals surface area contributed by atoms with Crippen molar-refractivity contribution < 1.29 is 19.8 Å². The van der Waals surface area contributed by atoms with Crippen molar-refractivity contribution in [3.63, 3.8) is 0 Å². The molecule has 4 aromatic rings. The van der Waals surface area contributed by atoms with Gasteiger partial charge in [-0.2, -0.15) is 0 Å². The molecular formula is C24H18O4S5. The van der Waals surface area contributed by atoms with Crippen LogP contribution in [-0.4, -0.2) is 27.9 Å². The maximum absolute atomic E-state index is 11.5. The first-order chi connectivity index (χ1) is 16.0. The quantitative estimate of drug-likeness (QED) is 0.245. The molecule has 0 saturated heterocycles. The summed E-state index contributed by atoms with van der Waals surface area (Å²) in [6.45, 7) is 0. The maximum atomic E-state index is 11.5. The second-order valence-corrected chi connectivity index (χ2v) is 12.7. The molecule has 1 aliphatic rings. The summed E-state index contributed by atoms with van der Waals surface area (Å²) in [4.78, 5) is 31.6. The molecule has 5 rings (SSSR count). The molecule has 0 amide bonds. The van der Waals surface area contributed by atoms with Crippen LogP contribution in [0.15, 0.2) is 47.9 Å². The lowest BCUT2D eigenvalue weighted by molar-refractivity contribution is -0.137. The highest BCUT2D eigenvalue weighted by molar-refractivity contribution is 8.08. The Bertz CT molecular complexity index is 1350. The molecule has 168 valence electrons. The van der Waals surface area contributed by atoms with Gasteiger partial charge in [-0.1, -0.05) is 12.1 Å². The normalized spacial score (nSPS) is 13.4. The van der Waals surface area contributed by atoms with E-state index in [0.29, 0.717) is 0 Å². The van der Waals surface area contributed by atoms with Crippen LogP contribution in [0.4, 0.5) is 0 Å². The molecule has 33 heavy (non-hydrogen) atoms. The number of hydrogen-bond acceptors (Lipinski definition) is 7. The standard InChI is InChI=1S/C24H18O4S5/c25-21(26)11-13-9-19(15-3-1-7-29-15)32-23(13)17-5-6-18(31-17)24-14(12-22(27)28)10-20(33-24)16-4-2-8-30-16/h1,3-7,9-10H,2,8,11-12H2,(H,25,26)(H,27,28). The third kappa shape index (κ3) is 4.88. The first-order valence-electron chi connectivity index (χ1n) is 10.1. The van der Waals surface area contributed by atoms with E-state index in [4.69, 9.17) is 0 Å². The van der Waals surface area contributed by atoms with Crippen molar-refractivity contribution in [3.8, 4) is 29.3 Å². The molecule has 4 nitrogen and oxygen atoms in total. The van der Waals surface area contributed by atoms with Gasteiger partial charge < -0.3 is 10.2 Å². The van der Waals surface area contributed by atoms with Crippen molar-refractivity contribution >= 4 is 74.0 Å². The van der Waals surface area contributed by atoms with Crippen molar-refractivity contribution in [2.24, 2.45) is 0 Å². The Morgan fingerprint density at radius 1 is 0.788 bits per heavy atom. The van der Waals surface area contributed by atoms with E-state index in [1.807, 2.05) is 53.5 Å². The van der Waals surface area contributed by atoms with Gasteiger partial charge in [-0.3, -0.25) is 9.59 Å². The average Bonchev–Trinajstić information content (AvgIpc) is 3.57. The zero-order valence-electron chi connectivity index (χ0n) is 17.2. The lowest BCUT2D eigenvalue weighted by Gasteiger charge is -1.99. The highest BCUT2D eigenvalue weighted by Gasteiger charge is 2.21. The lowest BCUT2D eigenvalue weighted by atomic mass is 10.1. The number of hydrogen-bond donors (Lipinski definition) is 2. The molecule has 4 aromatic heterocycles. The van der Waals surface area contributed by atoms with Crippen molar-refractivity contribution in [2.45, 2.75) is 19.3 Å². The second-order valence-electron chi connectivity index (χ2n) is 7.42. The summed E-state index contributed by atoms with van der Waals surface area (Å²) in [5.74, 6) is -0.623. The van der Waals surface area contributed by atoms with Crippen LogP contribution in [-0.2, 0) is 22.4 Å². The summed E-state index contributed by atoms with van der Waals surface area (Å²) in [6.07, 6.45) is 3.23. The van der Waals surface area contributed by atoms with Gasteiger partial charge in [0.15, 0.2) is 0 Å². The van der Waals surface area contributed by atoms with Crippen molar-refractivity contribution in [3.05, 3.63) is 63.9 Å². The number of allylic oxidation sites excluding steroid dienone is 1. The second kappa shape index (κ2) is 9.60. The molecule has 0 bridgehead atoms. The fourth-order valence-electron chi connectivity index (χ4n) is 3.70. The Kier molecular flexibility index (Phi) is 6.58. The van der Waals surface area contributed by atoms with Crippen LogP contribution >= 0.6 is 57.1 Å². The Labute approximate surface area is 210 Å². The molecule has 0 radical (unpaired) electrons. The third-order valence-electron chi connectivity index (χ3n) is 5.07. The molecule has 0 aliphatic carbocycles. The smallest absolute Gasteiger partial charge is 0.307 e. The molecule has 0 atom stereocenters. The van der Waals surface area contributed by atoms with Gasteiger partial charge in [0.2, 0.25) is 0 Å². The number of thiophene rings is 4. The van der Waals surface area contributed by atoms with Gasteiger partial charge >= 0.3 is 11.9 Å². The fraction of sp³-hybridized carbons (Fsp3) is 0.167. The molecule has 5 heterocycles. The lowest BCUT2D eigenvalue weighted by Crippen LogP contribution is -1.99. The van der Waals surface area contributed by atoms with Crippen molar-refractivity contribution in [1.82, 2.24) is 0 Å². The minimum atomic E-state index is -0.849. The SMILES string of the molecule is O=C(O)Cc1cc(C2=CCCS2)sc1-c1ccc(-c2sc(-c3cccs3)cc2CC(=O)O)s1. The molecule has 0 saturated carbocycles. The summed E-state index contributed by atoms with van der Waals surface area (Å²) >= 11 is 8.32. The van der Waals surface area contributed by atoms with E-state index in [9.17, 15) is 19.8 Å².